The summed E-state index contributed by atoms with van der Waals surface area (Å²) < 4.78 is 18.6. The molecule has 1 atom stereocenters. The second-order valence-electron chi connectivity index (χ2n) is 7.45. The highest BCUT2D eigenvalue weighted by Crippen LogP contribution is 2.45. The van der Waals surface area contributed by atoms with E-state index in [1.54, 1.807) is 41.6 Å². The van der Waals surface area contributed by atoms with Crippen LogP contribution in [0.3, 0.4) is 0 Å². The molecule has 4 rings (SSSR count). The highest BCUT2D eigenvalue weighted by atomic mass is 19.1. The minimum atomic E-state index is -0.353. The molecule has 7 heteroatoms. The lowest BCUT2D eigenvalue weighted by atomic mass is 9.71. The van der Waals surface area contributed by atoms with E-state index in [2.05, 4.69) is 10.3 Å². The van der Waals surface area contributed by atoms with Crippen LogP contribution < -0.4 is 5.32 Å². The average Bonchev–Trinajstić information content (AvgIpc) is 3.09. The number of nitrogens with one attached hydrogen (secondary N) is 1. The number of ether oxygens (including phenoxy) is 1. The molecular weight excluding hydrogens is 361 g/mol. The van der Waals surface area contributed by atoms with Gasteiger partial charge in [-0.2, -0.15) is 0 Å². The Labute approximate surface area is 162 Å². The molecular formula is C21H22FN3O3. The summed E-state index contributed by atoms with van der Waals surface area (Å²) >= 11 is 0. The van der Waals surface area contributed by atoms with Gasteiger partial charge in [0.1, 0.15) is 5.82 Å². The molecule has 1 aromatic carbocycles. The Morgan fingerprint density at radius 1 is 1.11 bits per heavy atom. The summed E-state index contributed by atoms with van der Waals surface area (Å²) in [5, 5.41) is 2.89. The maximum absolute atomic E-state index is 13.1. The smallest absolute Gasteiger partial charge is 0.254 e. The van der Waals surface area contributed by atoms with Crippen LogP contribution in [0.1, 0.15) is 23.2 Å². The molecule has 6 nitrogen and oxygen atoms in total. The second kappa shape index (κ2) is 7.67. The van der Waals surface area contributed by atoms with Crippen molar-refractivity contribution in [3.8, 4) is 0 Å². The zero-order valence-electron chi connectivity index (χ0n) is 15.4. The molecule has 146 valence electrons. The minimum absolute atomic E-state index is 0.0923. The lowest BCUT2D eigenvalue weighted by Crippen LogP contribution is -2.42. The van der Waals surface area contributed by atoms with E-state index >= 15 is 0 Å². The monoisotopic (exact) mass is 383 g/mol. The van der Waals surface area contributed by atoms with Crippen LogP contribution in [-0.2, 0) is 9.53 Å². The molecule has 28 heavy (non-hydrogen) atoms. The normalized spacial score (nSPS) is 20.9. The molecule has 2 aliphatic heterocycles. The number of aromatic nitrogens is 1. The van der Waals surface area contributed by atoms with Gasteiger partial charge < -0.3 is 15.0 Å². The van der Waals surface area contributed by atoms with E-state index in [0.717, 1.165) is 12.8 Å². The van der Waals surface area contributed by atoms with Crippen LogP contribution in [0.4, 0.5) is 10.1 Å². The number of carbonyl (C=O) groups excluding carboxylic acids is 2. The number of halogens is 1. The molecule has 0 radical (unpaired) electrons. The van der Waals surface area contributed by atoms with Gasteiger partial charge in [0.2, 0.25) is 5.91 Å². The van der Waals surface area contributed by atoms with Gasteiger partial charge in [-0.1, -0.05) is 0 Å². The van der Waals surface area contributed by atoms with Crippen LogP contribution in [0.2, 0.25) is 0 Å². The summed E-state index contributed by atoms with van der Waals surface area (Å²) in [6, 6.07) is 9.08. The Bertz CT molecular complexity index is 851. The number of hydrogen-bond donors (Lipinski definition) is 1. The second-order valence-corrected chi connectivity index (χ2v) is 7.45. The van der Waals surface area contributed by atoms with Crippen LogP contribution in [-0.4, -0.2) is 48.0 Å². The zero-order valence-corrected chi connectivity index (χ0v) is 15.4. The first-order valence-electron chi connectivity index (χ1n) is 9.41. The van der Waals surface area contributed by atoms with Gasteiger partial charge in [0.25, 0.3) is 5.91 Å². The average molecular weight is 383 g/mol. The van der Waals surface area contributed by atoms with Crippen molar-refractivity contribution in [3.63, 3.8) is 0 Å². The summed E-state index contributed by atoms with van der Waals surface area (Å²) in [5.74, 6) is -0.926. The molecule has 0 saturated carbocycles. The van der Waals surface area contributed by atoms with Crippen LogP contribution >= 0.6 is 0 Å². The number of anilines is 1. The Balaban J connectivity index is 1.56. The predicted molar refractivity (Wildman–Crippen MR) is 101 cm³/mol. The first kappa shape index (κ1) is 18.6. The van der Waals surface area contributed by atoms with Crippen LogP contribution in [0.15, 0.2) is 48.8 Å². The molecule has 2 aliphatic rings. The Kier molecular flexibility index (Phi) is 5.09. The number of likely N-dealkylation sites (tertiary alicyclic amines) is 1. The van der Waals surface area contributed by atoms with Gasteiger partial charge in [0, 0.05) is 55.4 Å². The Morgan fingerprint density at radius 3 is 2.46 bits per heavy atom. The van der Waals surface area contributed by atoms with Gasteiger partial charge in [0.05, 0.1) is 5.92 Å². The summed E-state index contributed by atoms with van der Waals surface area (Å²) in [6.07, 6.45) is 4.64. The third kappa shape index (κ3) is 3.62. The molecule has 1 aromatic heterocycles. The van der Waals surface area contributed by atoms with Crippen molar-refractivity contribution < 1.29 is 18.7 Å². The first-order chi connectivity index (χ1) is 13.6. The third-order valence-corrected chi connectivity index (χ3v) is 5.78. The maximum atomic E-state index is 13.1. The van der Waals surface area contributed by atoms with Crippen molar-refractivity contribution in [1.82, 2.24) is 9.88 Å². The van der Waals surface area contributed by atoms with Gasteiger partial charge in [-0.25, -0.2) is 4.39 Å². The third-order valence-electron chi connectivity index (χ3n) is 5.78. The van der Waals surface area contributed by atoms with Crippen molar-refractivity contribution in [2.24, 2.45) is 11.3 Å². The lowest BCUT2D eigenvalue weighted by molar-refractivity contribution is -0.124. The van der Waals surface area contributed by atoms with Crippen molar-refractivity contribution >= 4 is 17.5 Å². The number of nitrogens with zero attached hydrogens (tertiary/aromatic N) is 2. The molecule has 1 N–H and O–H groups in total. The molecule has 2 fully saturated rings. The Morgan fingerprint density at radius 2 is 1.79 bits per heavy atom. The van der Waals surface area contributed by atoms with Gasteiger partial charge in [-0.3, -0.25) is 14.6 Å². The summed E-state index contributed by atoms with van der Waals surface area (Å²) in [7, 11) is 0. The standard InChI is InChI=1S/C21H22FN3O3/c22-16-1-3-17(4-2-16)24-19(26)18-13-25(14-21(18)7-11-28-12-8-21)20(27)15-5-9-23-10-6-15/h1-6,9-10,18H,7-8,11-14H2,(H,24,26). The molecule has 2 amide bonds. The number of amides is 2. The fraction of sp³-hybridized carbons (Fsp3) is 0.381. The molecule has 2 aromatic rings. The molecule has 1 unspecified atom stereocenters. The van der Waals surface area contributed by atoms with Gasteiger partial charge in [-0.05, 0) is 49.2 Å². The fourth-order valence-corrected chi connectivity index (χ4v) is 4.21. The predicted octanol–water partition coefficient (Wildman–Crippen LogP) is 2.73. The molecule has 0 aliphatic carbocycles. The molecule has 1 spiro atoms. The lowest BCUT2D eigenvalue weighted by Gasteiger charge is -2.37. The number of carbonyl (C=O) groups is 2. The van der Waals surface area contributed by atoms with Crippen molar-refractivity contribution in [2.45, 2.75) is 12.8 Å². The molecule has 0 bridgehead atoms. The van der Waals surface area contributed by atoms with E-state index in [1.165, 1.54) is 12.1 Å². The van der Waals surface area contributed by atoms with E-state index < -0.39 is 0 Å². The van der Waals surface area contributed by atoms with Crippen molar-refractivity contribution in [1.29, 1.82) is 0 Å². The van der Waals surface area contributed by atoms with Crippen molar-refractivity contribution in [3.05, 3.63) is 60.2 Å². The fourth-order valence-electron chi connectivity index (χ4n) is 4.21. The summed E-state index contributed by atoms with van der Waals surface area (Å²) in [4.78, 5) is 31.7. The minimum Gasteiger partial charge on any atom is -0.381 e. The first-order valence-corrected chi connectivity index (χ1v) is 9.41. The molecule has 3 heterocycles. The SMILES string of the molecule is O=C(Nc1ccc(F)cc1)C1CN(C(=O)c2ccncc2)CC12CCOCC2. The topological polar surface area (TPSA) is 71.5 Å². The van der Waals surface area contributed by atoms with E-state index in [0.29, 0.717) is 37.6 Å². The quantitative estimate of drug-likeness (QED) is 0.885. The van der Waals surface area contributed by atoms with E-state index in [1.807, 2.05) is 0 Å². The van der Waals surface area contributed by atoms with Gasteiger partial charge in [0.15, 0.2) is 0 Å². The van der Waals surface area contributed by atoms with Crippen LogP contribution in [0.5, 0.6) is 0 Å². The number of benzene rings is 1. The van der Waals surface area contributed by atoms with Gasteiger partial charge >= 0.3 is 0 Å². The molecule has 2 saturated heterocycles. The van der Waals surface area contributed by atoms with E-state index in [4.69, 9.17) is 4.74 Å². The number of hydrogen-bond acceptors (Lipinski definition) is 4. The largest absolute Gasteiger partial charge is 0.381 e. The van der Waals surface area contributed by atoms with E-state index in [-0.39, 0.29) is 29.0 Å². The number of rotatable bonds is 3. The summed E-state index contributed by atoms with van der Waals surface area (Å²) in [6.45, 7) is 2.04. The summed E-state index contributed by atoms with van der Waals surface area (Å²) in [5.41, 5.74) is 0.815. The zero-order chi connectivity index (χ0) is 19.6. The van der Waals surface area contributed by atoms with Crippen molar-refractivity contribution in [2.75, 3.05) is 31.6 Å². The highest BCUT2D eigenvalue weighted by molar-refractivity contribution is 5.97. The number of pyridine rings is 1. The van der Waals surface area contributed by atoms with Gasteiger partial charge in [-0.15, -0.1) is 0 Å². The van der Waals surface area contributed by atoms with Crippen LogP contribution in [0, 0.1) is 17.2 Å². The Hall–Kier alpha value is -2.80. The van der Waals surface area contributed by atoms with Crippen LogP contribution in [0.25, 0.3) is 0 Å². The van der Waals surface area contributed by atoms with E-state index in [9.17, 15) is 14.0 Å². The highest BCUT2D eigenvalue weighted by Gasteiger charge is 2.51. The maximum Gasteiger partial charge on any atom is 0.254 e.